The van der Waals surface area contributed by atoms with Crippen molar-refractivity contribution >= 4 is 5.69 Å². The number of alkyl halides is 3. The molecule has 2 aromatic rings. The molecule has 102 valence electrons. The number of nitrogens with zero attached hydrogens (tertiary/aromatic N) is 1. The molecular formula is C12H12F3N3O. The van der Waals surface area contributed by atoms with E-state index in [9.17, 15) is 13.2 Å². The van der Waals surface area contributed by atoms with Crippen molar-refractivity contribution in [3.8, 4) is 5.75 Å². The van der Waals surface area contributed by atoms with Crippen LogP contribution in [0.5, 0.6) is 5.75 Å². The first-order chi connectivity index (χ1) is 9.03. The summed E-state index contributed by atoms with van der Waals surface area (Å²) in [6.07, 6.45) is -2.68. The van der Waals surface area contributed by atoms with Gasteiger partial charge < -0.3 is 10.1 Å². The lowest BCUT2D eigenvalue weighted by Crippen LogP contribution is -2.19. The topological polar surface area (TPSA) is 49.9 Å². The Morgan fingerprint density at radius 3 is 2.47 bits per heavy atom. The second kappa shape index (κ2) is 5.64. The summed E-state index contributed by atoms with van der Waals surface area (Å²) in [6, 6.07) is 8.11. The lowest BCUT2D eigenvalue weighted by atomic mass is 10.3. The van der Waals surface area contributed by atoms with Crippen molar-refractivity contribution in [2.24, 2.45) is 0 Å². The number of hydrogen-bond donors (Lipinski definition) is 2. The Labute approximate surface area is 107 Å². The highest BCUT2D eigenvalue weighted by Gasteiger charge is 2.28. The fraction of sp³-hybridized carbons (Fsp3) is 0.250. The van der Waals surface area contributed by atoms with Gasteiger partial charge in [-0.2, -0.15) is 18.3 Å². The highest BCUT2D eigenvalue weighted by atomic mass is 19.4. The summed E-state index contributed by atoms with van der Waals surface area (Å²) in [4.78, 5) is 0. The van der Waals surface area contributed by atoms with Crippen molar-refractivity contribution in [2.45, 2.75) is 12.7 Å². The highest BCUT2D eigenvalue weighted by molar-refractivity contribution is 5.46. The number of aromatic amines is 1. The zero-order valence-electron chi connectivity index (χ0n) is 9.87. The van der Waals surface area contributed by atoms with Crippen LogP contribution in [0.3, 0.4) is 0 Å². The third kappa shape index (κ3) is 4.53. The SMILES string of the molecule is FC(F)(F)COc1ccc(NCc2ccn[nH]2)cc1. The standard InChI is InChI=1S/C12H12F3N3O/c13-12(14,15)8-19-11-3-1-9(2-4-11)16-7-10-5-6-17-18-10/h1-6,16H,7-8H2,(H,17,18). The third-order valence-corrected chi connectivity index (χ3v) is 2.30. The third-order valence-electron chi connectivity index (χ3n) is 2.30. The Morgan fingerprint density at radius 2 is 1.89 bits per heavy atom. The monoisotopic (exact) mass is 271 g/mol. The number of ether oxygens (including phenoxy) is 1. The van der Waals surface area contributed by atoms with E-state index in [1.165, 1.54) is 12.1 Å². The molecule has 0 spiro atoms. The van der Waals surface area contributed by atoms with Crippen LogP contribution in [0.4, 0.5) is 18.9 Å². The van der Waals surface area contributed by atoms with Gasteiger partial charge in [-0.05, 0) is 30.3 Å². The number of H-pyrrole nitrogens is 1. The molecule has 0 radical (unpaired) electrons. The van der Waals surface area contributed by atoms with Crippen LogP contribution in [-0.4, -0.2) is 23.0 Å². The van der Waals surface area contributed by atoms with Crippen LogP contribution in [-0.2, 0) is 6.54 Å². The predicted molar refractivity (Wildman–Crippen MR) is 63.9 cm³/mol. The van der Waals surface area contributed by atoms with E-state index in [1.807, 2.05) is 6.07 Å². The van der Waals surface area contributed by atoms with Crippen molar-refractivity contribution in [1.29, 1.82) is 0 Å². The molecular weight excluding hydrogens is 259 g/mol. The molecule has 1 heterocycles. The van der Waals surface area contributed by atoms with E-state index in [0.717, 1.165) is 11.4 Å². The van der Waals surface area contributed by atoms with E-state index >= 15 is 0 Å². The largest absolute Gasteiger partial charge is 0.484 e. The normalized spacial score (nSPS) is 11.3. The summed E-state index contributed by atoms with van der Waals surface area (Å²) in [7, 11) is 0. The van der Waals surface area contributed by atoms with Gasteiger partial charge in [0.25, 0.3) is 0 Å². The molecule has 7 heteroatoms. The summed E-state index contributed by atoms with van der Waals surface area (Å²) >= 11 is 0. The number of rotatable bonds is 5. The summed E-state index contributed by atoms with van der Waals surface area (Å²) in [5, 5.41) is 9.70. The van der Waals surface area contributed by atoms with E-state index in [1.54, 1.807) is 18.3 Å². The summed E-state index contributed by atoms with van der Waals surface area (Å²) in [6.45, 7) is -0.726. The Hall–Kier alpha value is -2.18. The van der Waals surface area contributed by atoms with Crippen molar-refractivity contribution < 1.29 is 17.9 Å². The Balaban J connectivity index is 1.84. The van der Waals surface area contributed by atoms with Gasteiger partial charge in [-0.3, -0.25) is 5.10 Å². The zero-order valence-corrected chi connectivity index (χ0v) is 9.87. The van der Waals surface area contributed by atoms with Crippen LogP contribution >= 0.6 is 0 Å². The Morgan fingerprint density at radius 1 is 1.16 bits per heavy atom. The fourth-order valence-corrected chi connectivity index (χ4v) is 1.41. The van der Waals surface area contributed by atoms with Gasteiger partial charge in [0.2, 0.25) is 0 Å². The first-order valence-corrected chi connectivity index (χ1v) is 5.55. The van der Waals surface area contributed by atoms with Crippen LogP contribution in [0.15, 0.2) is 36.5 Å². The van der Waals surface area contributed by atoms with Gasteiger partial charge >= 0.3 is 6.18 Å². The van der Waals surface area contributed by atoms with Gasteiger partial charge in [0.15, 0.2) is 6.61 Å². The summed E-state index contributed by atoms with van der Waals surface area (Å²) in [5.41, 5.74) is 1.70. The van der Waals surface area contributed by atoms with Gasteiger partial charge in [-0.25, -0.2) is 0 Å². The number of halogens is 3. The molecule has 0 aliphatic carbocycles. The molecule has 4 nitrogen and oxygen atoms in total. The highest BCUT2D eigenvalue weighted by Crippen LogP contribution is 2.20. The van der Waals surface area contributed by atoms with Crippen molar-refractivity contribution in [3.63, 3.8) is 0 Å². The fourth-order valence-electron chi connectivity index (χ4n) is 1.41. The van der Waals surface area contributed by atoms with Gasteiger partial charge in [-0.1, -0.05) is 0 Å². The first kappa shape index (κ1) is 13.3. The number of nitrogens with one attached hydrogen (secondary N) is 2. The number of benzene rings is 1. The minimum absolute atomic E-state index is 0.185. The molecule has 0 saturated heterocycles. The van der Waals surface area contributed by atoms with Crippen molar-refractivity contribution in [3.05, 3.63) is 42.2 Å². The molecule has 0 saturated carbocycles. The molecule has 1 aromatic carbocycles. The van der Waals surface area contributed by atoms with E-state index in [0.29, 0.717) is 6.54 Å². The van der Waals surface area contributed by atoms with Gasteiger partial charge in [0, 0.05) is 11.9 Å². The first-order valence-electron chi connectivity index (χ1n) is 5.55. The maximum atomic E-state index is 12.0. The number of hydrogen-bond acceptors (Lipinski definition) is 3. The number of anilines is 1. The van der Waals surface area contributed by atoms with E-state index in [4.69, 9.17) is 0 Å². The van der Waals surface area contributed by atoms with Gasteiger partial charge in [0.1, 0.15) is 5.75 Å². The maximum absolute atomic E-state index is 12.0. The molecule has 0 amide bonds. The zero-order chi connectivity index (χ0) is 13.7. The summed E-state index contributed by atoms with van der Waals surface area (Å²) in [5.74, 6) is 0.185. The quantitative estimate of drug-likeness (QED) is 0.879. The molecule has 0 aliphatic rings. The molecule has 1 aromatic heterocycles. The van der Waals surface area contributed by atoms with Crippen LogP contribution in [0.1, 0.15) is 5.69 Å². The Kier molecular flexibility index (Phi) is 3.94. The van der Waals surface area contributed by atoms with E-state index in [2.05, 4.69) is 20.3 Å². The summed E-state index contributed by atoms with van der Waals surface area (Å²) < 4.78 is 40.5. The lowest BCUT2D eigenvalue weighted by Gasteiger charge is -2.10. The molecule has 0 aliphatic heterocycles. The minimum atomic E-state index is -4.32. The predicted octanol–water partition coefficient (Wildman–Crippen LogP) is 2.96. The average molecular weight is 271 g/mol. The molecule has 2 rings (SSSR count). The second-order valence-corrected chi connectivity index (χ2v) is 3.86. The van der Waals surface area contributed by atoms with Gasteiger partial charge in [0.05, 0.1) is 12.2 Å². The molecule has 0 bridgehead atoms. The van der Waals surface area contributed by atoms with Crippen LogP contribution in [0.2, 0.25) is 0 Å². The number of aromatic nitrogens is 2. The smallest absolute Gasteiger partial charge is 0.422 e. The molecule has 19 heavy (non-hydrogen) atoms. The molecule has 0 fully saturated rings. The maximum Gasteiger partial charge on any atom is 0.422 e. The second-order valence-electron chi connectivity index (χ2n) is 3.86. The van der Waals surface area contributed by atoms with Crippen molar-refractivity contribution in [2.75, 3.05) is 11.9 Å². The van der Waals surface area contributed by atoms with Crippen molar-refractivity contribution in [1.82, 2.24) is 10.2 Å². The Bertz CT molecular complexity index is 494. The molecule has 0 atom stereocenters. The van der Waals surface area contributed by atoms with Crippen LogP contribution < -0.4 is 10.1 Å². The van der Waals surface area contributed by atoms with Crippen LogP contribution in [0.25, 0.3) is 0 Å². The minimum Gasteiger partial charge on any atom is -0.484 e. The molecule has 0 unspecified atom stereocenters. The van der Waals surface area contributed by atoms with E-state index < -0.39 is 12.8 Å². The van der Waals surface area contributed by atoms with Gasteiger partial charge in [-0.15, -0.1) is 0 Å². The average Bonchev–Trinajstić information content (AvgIpc) is 2.87. The lowest BCUT2D eigenvalue weighted by molar-refractivity contribution is -0.153. The van der Waals surface area contributed by atoms with E-state index in [-0.39, 0.29) is 5.75 Å². The molecule has 2 N–H and O–H groups in total. The van der Waals surface area contributed by atoms with Crippen LogP contribution in [0, 0.1) is 0 Å².